The van der Waals surface area contributed by atoms with Crippen LogP contribution in [-0.4, -0.2) is 40.3 Å². The van der Waals surface area contributed by atoms with Gasteiger partial charge in [0, 0.05) is 5.69 Å². The molecule has 0 fully saturated rings. The van der Waals surface area contributed by atoms with Crippen molar-refractivity contribution in [3.8, 4) is 22.9 Å². The largest absolute Gasteiger partial charge is 0.493 e. The van der Waals surface area contributed by atoms with Gasteiger partial charge in [0.15, 0.2) is 11.5 Å². The van der Waals surface area contributed by atoms with E-state index in [1.165, 1.54) is 4.80 Å². The van der Waals surface area contributed by atoms with Crippen molar-refractivity contribution in [2.24, 2.45) is 0 Å². The van der Waals surface area contributed by atoms with Gasteiger partial charge < -0.3 is 14.8 Å². The third kappa shape index (κ3) is 3.89. The fourth-order valence-corrected chi connectivity index (χ4v) is 2.69. The van der Waals surface area contributed by atoms with Crippen LogP contribution in [0.15, 0.2) is 36.4 Å². The van der Waals surface area contributed by atoms with E-state index in [9.17, 15) is 4.79 Å². The molecule has 0 spiro atoms. The van der Waals surface area contributed by atoms with Gasteiger partial charge in [0.25, 0.3) is 0 Å². The molecule has 8 nitrogen and oxygen atoms in total. The molecular formula is C19H21N5O3. The summed E-state index contributed by atoms with van der Waals surface area (Å²) in [7, 11) is 3.10. The van der Waals surface area contributed by atoms with Crippen molar-refractivity contribution in [2.45, 2.75) is 20.4 Å². The maximum atomic E-state index is 12.3. The molecule has 0 aliphatic rings. The summed E-state index contributed by atoms with van der Waals surface area (Å²) in [5.41, 5.74) is 3.55. The van der Waals surface area contributed by atoms with Gasteiger partial charge in [-0.2, -0.15) is 4.80 Å². The van der Waals surface area contributed by atoms with Gasteiger partial charge >= 0.3 is 0 Å². The number of aryl methyl sites for hydroxylation is 1. The first-order valence-electron chi connectivity index (χ1n) is 8.38. The van der Waals surface area contributed by atoms with Crippen LogP contribution in [0.1, 0.15) is 11.1 Å². The summed E-state index contributed by atoms with van der Waals surface area (Å²) in [5.74, 6) is 1.20. The summed E-state index contributed by atoms with van der Waals surface area (Å²) < 4.78 is 10.7. The Morgan fingerprint density at radius 1 is 1.11 bits per heavy atom. The van der Waals surface area contributed by atoms with E-state index in [2.05, 4.69) is 20.7 Å². The number of benzene rings is 2. The van der Waals surface area contributed by atoms with Crippen LogP contribution < -0.4 is 14.8 Å². The molecule has 8 heteroatoms. The average molecular weight is 367 g/mol. The molecule has 3 rings (SSSR count). The van der Waals surface area contributed by atoms with Crippen LogP contribution >= 0.6 is 0 Å². The van der Waals surface area contributed by atoms with Gasteiger partial charge in [-0.25, -0.2) is 0 Å². The van der Waals surface area contributed by atoms with Crippen molar-refractivity contribution in [1.82, 2.24) is 20.2 Å². The second kappa shape index (κ2) is 7.86. The smallest absolute Gasteiger partial charge is 0.248 e. The molecule has 140 valence electrons. The second-order valence-corrected chi connectivity index (χ2v) is 5.98. The molecule has 0 aliphatic heterocycles. The van der Waals surface area contributed by atoms with Gasteiger partial charge in [-0.15, -0.1) is 10.2 Å². The van der Waals surface area contributed by atoms with Crippen LogP contribution in [-0.2, 0) is 11.3 Å². The number of rotatable bonds is 6. The molecule has 1 amide bonds. The molecule has 0 saturated carbocycles. The zero-order chi connectivity index (χ0) is 19.4. The number of carbonyl (C=O) groups is 1. The number of hydrogen-bond acceptors (Lipinski definition) is 6. The first-order valence-corrected chi connectivity index (χ1v) is 8.38. The average Bonchev–Trinajstić information content (AvgIpc) is 3.12. The summed E-state index contributed by atoms with van der Waals surface area (Å²) in [4.78, 5) is 13.6. The number of nitrogens with zero attached hydrogens (tertiary/aromatic N) is 4. The Morgan fingerprint density at radius 2 is 1.89 bits per heavy atom. The van der Waals surface area contributed by atoms with E-state index >= 15 is 0 Å². The monoisotopic (exact) mass is 367 g/mol. The van der Waals surface area contributed by atoms with Crippen LogP contribution in [0.2, 0.25) is 0 Å². The Bertz CT molecular complexity index is 968. The Kier molecular flexibility index (Phi) is 5.35. The maximum Gasteiger partial charge on any atom is 0.248 e. The Labute approximate surface area is 157 Å². The van der Waals surface area contributed by atoms with Gasteiger partial charge in [-0.3, -0.25) is 4.79 Å². The number of ether oxygens (including phenoxy) is 2. The molecular weight excluding hydrogens is 346 g/mol. The van der Waals surface area contributed by atoms with Crippen molar-refractivity contribution < 1.29 is 14.3 Å². The van der Waals surface area contributed by atoms with Gasteiger partial charge in [-0.05, 0) is 48.4 Å². The normalized spacial score (nSPS) is 10.5. The van der Waals surface area contributed by atoms with E-state index in [1.807, 2.05) is 38.1 Å². The van der Waals surface area contributed by atoms with E-state index in [-0.39, 0.29) is 12.5 Å². The standard InChI is InChI=1S/C19H21N5O3/c1-12-7-5-9-15(13(12)2)20-17(25)11-24-22-19(21-23-24)14-8-6-10-16(26-3)18(14)27-4/h5-10H,11H2,1-4H3,(H,20,25). The highest BCUT2D eigenvalue weighted by Gasteiger charge is 2.17. The number of amides is 1. The zero-order valence-electron chi connectivity index (χ0n) is 15.7. The molecule has 0 radical (unpaired) electrons. The van der Waals surface area contributed by atoms with E-state index in [0.29, 0.717) is 22.9 Å². The molecule has 0 unspecified atom stereocenters. The number of para-hydroxylation sites is 1. The number of anilines is 1. The molecule has 3 aromatic rings. The topological polar surface area (TPSA) is 91.2 Å². The highest BCUT2D eigenvalue weighted by atomic mass is 16.5. The fraction of sp³-hybridized carbons (Fsp3) is 0.263. The highest BCUT2D eigenvalue weighted by molar-refractivity contribution is 5.91. The van der Waals surface area contributed by atoms with Crippen LogP contribution in [0.4, 0.5) is 5.69 Å². The van der Waals surface area contributed by atoms with Gasteiger partial charge in [0.05, 0.1) is 19.8 Å². The van der Waals surface area contributed by atoms with E-state index in [4.69, 9.17) is 9.47 Å². The highest BCUT2D eigenvalue weighted by Crippen LogP contribution is 2.35. The number of carbonyl (C=O) groups excluding carboxylic acids is 1. The van der Waals surface area contributed by atoms with E-state index in [1.54, 1.807) is 26.4 Å². The summed E-state index contributed by atoms with van der Waals surface area (Å²) >= 11 is 0. The third-order valence-corrected chi connectivity index (χ3v) is 4.26. The lowest BCUT2D eigenvalue weighted by atomic mass is 10.1. The predicted octanol–water partition coefficient (Wildman–Crippen LogP) is 2.61. The number of nitrogens with one attached hydrogen (secondary N) is 1. The van der Waals surface area contributed by atoms with Crippen molar-refractivity contribution >= 4 is 11.6 Å². The Morgan fingerprint density at radius 3 is 2.63 bits per heavy atom. The van der Waals surface area contributed by atoms with E-state index < -0.39 is 0 Å². The molecule has 0 atom stereocenters. The Balaban J connectivity index is 1.77. The number of aromatic nitrogens is 4. The third-order valence-electron chi connectivity index (χ3n) is 4.26. The van der Waals surface area contributed by atoms with Gasteiger partial charge in [-0.1, -0.05) is 18.2 Å². The Hall–Kier alpha value is -3.42. The minimum Gasteiger partial charge on any atom is -0.493 e. The number of methoxy groups -OCH3 is 2. The maximum absolute atomic E-state index is 12.3. The number of hydrogen-bond donors (Lipinski definition) is 1. The van der Waals surface area contributed by atoms with Crippen molar-refractivity contribution in [1.29, 1.82) is 0 Å². The molecule has 27 heavy (non-hydrogen) atoms. The van der Waals surface area contributed by atoms with E-state index in [0.717, 1.165) is 16.8 Å². The first kappa shape index (κ1) is 18.4. The molecule has 0 bridgehead atoms. The van der Waals surface area contributed by atoms with Crippen LogP contribution in [0.3, 0.4) is 0 Å². The van der Waals surface area contributed by atoms with Crippen molar-refractivity contribution in [3.63, 3.8) is 0 Å². The molecule has 1 heterocycles. The lowest BCUT2D eigenvalue weighted by molar-refractivity contribution is -0.117. The first-order chi connectivity index (χ1) is 13.0. The second-order valence-electron chi connectivity index (χ2n) is 5.98. The summed E-state index contributed by atoms with van der Waals surface area (Å²) in [6.45, 7) is 3.91. The van der Waals surface area contributed by atoms with Crippen molar-refractivity contribution in [2.75, 3.05) is 19.5 Å². The summed E-state index contributed by atoms with van der Waals surface area (Å²) in [5, 5.41) is 15.2. The zero-order valence-corrected chi connectivity index (χ0v) is 15.7. The SMILES string of the molecule is COc1cccc(-c2nnn(CC(=O)Nc3cccc(C)c3C)n2)c1OC. The van der Waals surface area contributed by atoms with Crippen LogP contribution in [0.5, 0.6) is 11.5 Å². The number of tetrazole rings is 1. The molecule has 1 N–H and O–H groups in total. The van der Waals surface area contributed by atoms with Crippen molar-refractivity contribution in [3.05, 3.63) is 47.5 Å². The molecule has 1 aromatic heterocycles. The molecule has 0 aliphatic carbocycles. The van der Waals surface area contributed by atoms with Crippen LogP contribution in [0.25, 0.3) is 11.4 Å². The summed E-state index contributed by atoms with van der Waals surface area (Å²) in [6.07, 6.45) is 0. The quantitative estimate of drug-likeness (QED) is 0.720. The summed E-state index contributed by atoms with van der Waals surface area (Å²) in [6, 6.07) is 11.2. The minimum atomic E-state index is -0.231. The molecule has 2 aromatic carbocycles. The van der Waals surface area contributed by atoms with Gasteiger partial charge in [0.2, 0.25) is 11.7 Å². The lowest BCUT2D eigenvalue weighted by Crippen LogP contribution is -2.21. The molecule has 0 saturated heterocycles. The van der Waals surface area contributed by atoms with Gasteiger partial charge in [0.1, 0.15) is 6.54 Å². The van der Waals surface area contributed by atoms with Crippen LogP contribution in [0, 0.1) is 13.8 Å². The minimum absolute atomic E-state index is 0.0489. The lowest BCUT2D eigenvalue weighted by Gasteiger charge is -2.10. The predicted molar refractivity (Wildman–Crippen MR) is 101 cm³/mol. The fourth-order valence-electron chi connectivity index (χ4n) is 2.69.